The van der Waals surface area contributed by atoms with Gasteiger partial charge in [-0.2, -0.15) is 4.28 Å². The fourth-order valence-electron chi connectivity index (χ4n) is 0.623. The van der Waals surface area contributed by atoms with Crippen molar-refractivity contribution >= 4 is 27.4 Å². The van der Waals surface area contributed by atoms with Gasteiger partial charge >= 0.3 is 5.97 Å². The summed E-state index contributed by atoms with van der Waals surface area (Å²) < 4.78 is 51.5. The van der Waals surface area contributed by atoms with Crippen LogP contribution < -0.4 is 0 Å². The van der Waals surface area contributed by atoms with Crippen LogP contribution in [-0.2, 0) is 35.2 Å². The van der Waals surface area contributed by atoms with Crippen molar-refractivity contribution in [1.82, 2.24) is 4.47 Å². The monoisotopic (exact) mass is 286 g/mol. The molecule has 8 nitrogen and oxygen atoms in total. The summed E-state index contributed by atoms with van der Waals surface area (Å²) in [6.07, 6.45) is 0. The molecule has 0 aliphatic heterocycles. The predicted molar refractivity (Wildman–Crippen MR) is 57.3 cm³/mol. The fraction of sp³-hybridized carbons (Fsp3) is 0.571. The highest BCUT2D eigenvalue weighted by Crippen LogP contribution is 2.01. The van der Waals surface area contributed by atoms with Gasteiger partial charge in [0.1, 0.15) is 23.7 Å². The summed E-state index contributed by atoms with van der Waals surface area (Å²) in [6.45, 7) is 4.29. The molecule has 0 aromatic carbocycles. The zero-order valence-electron chi connectivity index (χ0n) is 9.24. The molecule has 0 rings (SSSR count). The van der Waals surface area contributed by atoms with Crippen molar-refractivity contribution in [3.63, 3.8) is 0 Å². The first-order chi connectivity index (χ1) is 7.66. The maximum absolute atomic E-state index is 11.3. The van der Waals surface area contributed by atoms with Crippen LogP contribution in [0, 0.1) is 0 Å². The van der Waals surface area contributed by atoms with E-state index in [9.17, 15) is 22.0 Å². The van der Waals surface area contributed by atoms with Crippen molar-refractivity contribution in [2.45, 2.75) is 6.92 Å². The van der Waals surface area contributed by atoms with Crippen LogP contribution in [0.3, 0.4) is 0 Å². The van der Waals surface area contributed by atoms with Crippen LogP contribution in [0.2, 0.25) is 0 Å². The summed E-state index contributed by atoms with van der Waals surface area (Å²) in [5.41, 5.74) is 0.132. The molecule has 0 amide bonds. The molecule has 0 heterocycles. The number of hydrogen-bond donors (Lipinski definition) is 0. The summed E-state index contributed by atoms with van der Waals surface area (Å²) in [4.78, 5) is 10.9. The largest absolute Gasteiger partial charge is 0.748 e. The second-order valence-electron chi connectivity index (χ2n) is 2.92. The molecular formula is C7H12NO7S2-. The predicted octanol–water partition coefficient (Wildman–Crippen LogP) is -0.907. The van der Waals surface area contributed by atoms with Gasteiger partial charge < -0.3 is 9.29 Å². The van der Waals surface area contributed by atoms with Crippen LogP contribution in [-0.4, -0.2) is 47.0 Å². The van der Waals surface area contributed by atoms with Gasteiger partial charge in [0.15, 0.2) is 0 Å². The smallest absolute Gasteiger partial charge is 0.333 e. The number of ether oxygens (including phenoxy) is 1. The van der Waals surface area contributed by atoms with E-state index in [0.29, 0.717) is 0 Å². The molecule has 0 radical (unpaired) electrons. The van der Waals surface area contributed by atoms with E-state index in [1.165, 1.54) is 6.92 Å². The summed E-state index contributed by atoms with van der Waals surface area (Å²) in [5, 5.41) is 0. The Morgan fingerprint density at radius 1 is 1.53 bits per heavy atom. The van der Waals surface area contributed by atoms with E-state index in [1.54, 1.807) is 0 Å². The molecule has 1 atom stereocenters. The summed E-state index contributed by atoms with van der Waals surface area (Å²) in [7, 11) is -3.06. The minimum Gasteiger partial charge on any atom is -0.748 e. The van der Waals surface area contributed by atoms with Crippen molar-refractivity contribution in [3.05, 3.63) is 12.2 Å². The van der Waals surface area contributed by atoms with Gasteiger partial charge in [-0.15, -0.1) is 0 Å². The van der Waals surface area contributed by atoms with E-state index in [0.717, 1.165) is 7.05 Å². The second kappa shape index (κ2) is 6.81. The van der Waals surface area contributed by atoms with Crippen LogP contribution in [0.15, 0.2) is 12.2 Å². The van der Waals surface area contributed by atoms with E-state index in [4.69, 9.17) is 0 Å². The highest BCUT2D eigenvalue weighted by atomic mass is 32.2. The van der Waals surface area contributed by atoms with Crippen LogP contribution in [0.4, 0.5) is 0 Å². The van der Waals surface area contributed by atoms with Crippen molar-refractivity contribution in [2.24, 2.45) is 0 Å². The lowest BCUT2D eigenvalue weighted by Gasteiger charge is -2.16. The van der Waals surface area contributed by atoms with E-state index in [-0.39, 0.29) is 10.0 Å². The molecule has 0 N–H and O–H groups in total. The lowest BCUT2D eigenvalue weighted by Crippen LogP contribution is -2.32. The molecule has 17 heavy (non-hydrogen) atoms. The van der Waals surface area contributed by atoms with Crippen LogP contribution in [0.25, 0.3) is 0 Å². The summed E-state index contributed by atoms with van der Waals surface area (Å²) >= 11 is -2.99. The number of hydrogen-bond acceptors (Lipinski definition) is 7. The average molecular weight is 286 g/mol. The molecule has 0 saturated carbocycles. The Bertz CT molecular complexity index is 416. The zero-order chi connectivity index (χ0) is 13.6. The molecule has 0 spiro atoms. The first kappa shape index (κ1) is 16.2. The molecule has 0 aromatic heterocycles. The number of esters is 1. The van der Waals surface area contributed by atoms with Crippen molar-refractivity contribution < 1.29 is 31.0 Å². The van der Waals surface area contributed by atoms with Gasteiger partial charge in [0.05, 0.1) is 0 Å². The zero-order valence-corrected chi connectivity index (χ0v) is 10.9. The minimum atomic E-state index is -3.97. The highest BCUT2D eigenvalue weighted by Gasteiger charge is 2.20. The fourth-order valence-corrected chi connectivity index (χ4v) is 1.87. The Balaban J connectivity index is 4.24. The van der Waals surface area contributed by atoms with E-state index in [2.05, 4.69) is 15.6 Å². The second-order valence-corrected chi connectivity index (χ2v) is 5.56. The number of rotatable bonds is 7. The standard InChI is InChI=1S/C7H13NO7S2/c1-6(2)7(9)14-4-5-17(12,13)8(3)15-16(10)11/h1,4-5H2,2-3H3,(H,10,11)/p-1. The number of nitrogens with zero attached hydrogens (tertiary/aromatic N) is 1. The van der Waals surface area contributed by atoms with E-state index >= 15 is 0 Å². The summed E-state index contributed by atoms with van der Waals surface area (Å²) in [6, 6.07) is 0. The Labute approximate surface area is 102 Å². The molecule has 10 heteroatoms. The van der Waals surface area contributed by atoms with Crippen LogP contribution >= 0.6 is 0 Å². The van der Waals surface area contributed by atoms with Gasteiger partial charge in [-0.05, 0) is 6.92 Å². The lowest BCUT2D eigenvalue weighted by molar-refractivity contribution is -0.138. The Hall–Kier alpha value is -0.810. The van der Waals surface area contributed by atoms with Gasteiger partial charge in [-0.25, -0.2) is 17.4 Å². The van der Waals surface area contributed by atoms with Gasteiger partial charge in [0.2, 0.25) is 10.0 Å². The molecule has 0 aliphatic rings. The number of carbonyl (C=O) groups is 1. The molecule has 0 saturated heterocycles. The molecule has 100 valence electrons. The van der Waals surface area contributed by atoms with Gasteiger partial charge in [0.25, 0.3) is 0 Å². The van der Waals surface area contributed by atoms with Gasteiger partial charge in [0, 0.05) is 12.6 Å². The third kappa shape index (κ3) is 6.48. The first-order valence-electron chi connectivity index (χ1n) is 4.23. The SMILES string of the molecule is C=C(C)C(=O)OCCS(=O)(=O)N(C)OS(=O)[O-]. The Morgan fingerprint density at radius 2 is 2.06 bits per heavy atom. The Kier molecular flexibility index (Phi) is 6.49. The van der Waals surface area contributed by atoms with Crippen molar-refractivity contribution in [3.8, 4) is 0 Å². The normalized spacial score (nSPS) is 13.4. The molecule has 0 bridgehead atoms. The van der Waals surface area contributed by atoms with Gasteiger partial charge in [-0.3, -0.25) is 0 Å². The molecule has 1 unspecified atom stereocenters. The average Bonchev–Trinajstić information content (AvgIpc) is 2.15. The maximum Gasteiger partial charge on any atom is 0.333 e. The lowest BCUT2D eigenvalue weighted by atomic mass is 10.4. The molecule has 0 fully saturated rings. The highest BCUT2D eigenvalue weighted by molar-refractivity contribution is 7.89. The quantitative estimate of drug-likeness (QED) is 0.258. The first-order valence-corrected chi connectivity index (χ1v) is 6.84. The molecule has 0 aromatic rings. The third-order valence-corrected chi connectivity index (χ3v) is 3.46. The van der Waals surface area contributed by atoms with Crippen molar-refractivity contribution in [2.75, 3.05) is 19.4 Å². The summed E-state index contributed by atoms with van der Waals surface area (Å²) in [5.74, 6) is -1.32. The topological polar surface area (TPSA) is 113 Å². The Morgan fingerprint density at radius 3 is 2.47 bits per heavy atom. The van der Waals surface area contributed by atoms with Crippen molar-refractivity contribution in [1.29, 1.82) is 0 Å². The molecular weight excluding hydrogens is 274 g/mol. The van der Waals surface area contributed by atoms with Crippen LogP contribution in [0.1, 0.15) is 6.92 Å². The third-order valence-electron chi connectivity index (χ3n) is 1.48. The van der Waals surface area contributed by atoms with E-state index in [1.807, 2.05) is 0 Å². The van der Waals surface area contributed by atoms with E-state index < -0.39 is 39.7 Å². The number of sulfonamides is 1. The van der Waals surface area contributed by atoms with Gasteiger partial charge in [-0.1, -0.05) is 11.0 Å². The number of hydroxylamine groups is 1. The minimum absolute atomic E-state index is 0.132. The van der Waals surface area contributed by atoms with Crippen LogP contribution in [0.5, 0.6) is 0 Å². The number of carbonyl (C=O) groups excluding carboxylic acids is 1. The molecule has 0 aliphatic carbocycles. The maximum atomic E-state index is 11.3.